The largest absolute Gasteiger partial charge is 0.496 e. The number of para-hydroxylation sites is 1. The molecule has 0 unspecified atom stereocenters. The van der Waals surface area contributed by atoms with Gasteiger partial charge in [-0.15, -0.1) is 10.2 Å². The monoisotopic (exact) mass is 389 g/mol. The fraction of sp³-hybridized carbons (Fsp3) is 0.238. The van der Waals surface area contributed by atoms with Gasteiger partial charge in [-0.3, -0.25) is 0 Å². The van der Waals surface area contributed by atoms with Gasteiger partial charge in [0, 0.05) is 41.3 Å². The molecule has 0 radical (unpaired) electrons. The third-order valence-corrected chi connectivity index (χ3v) is 4.84. The lowest BCUT2D eigenvalue weighted by Crippen LogP contribution is -2.21. The number of benzene rings is 2. The van der Waals surface area contributed by atoms with E-state index in [0.717, 1.165) is 46.5 Å². The number of anilines is 2. The minimum absolute atomic E-state index is 0.319. The molecule has 0 bridgehead atoms. The summed E-state index contributed by atoms with van der Waals surface area (Å²) in [5.41, 5.74) is 7.20. The third-order valence-electron chi connectivity index (χ3n) is 4.84. The van der Waals surface area contributed by atoms with Crippen molar-refractivity contribution < 1.29 is 4.74 Å². The molecule has 0 aliphatic rings. The number of hydrogen-bond acceptors (Lipinski definition) is 7. The van der Waals surface area contributed by atoms with Gasteiger partial charge in [0.15, 0.2) is 5.65 Å². The first-order valence-corrected chi connectivity index (χ1v) is 9.56. The van der Waals surface area contributed by atoms with Gasteiger partial charge in [0.2, 0.25) is 0 Å². The summed E-state index contributed by atoms with van der Waals surface area (Å²) in [7, 11) is 1.66. The first-order valence-electron chi connectivity index (χ1n) is 9.56. The molecule has 4 rings (SSSR count). The quantitative estimate of drug-likeness (QED) is 0.369. The SMILES string of the molecule is CCN(CC)c1ccc(/C=N/Nc2nnc3c(n2)[nH]c2ccccc23)c(OC)c1. The zero-order valence-corrected chi connectivity index (χ0v) is 16.7. The average Bonchev–Trinajstić information content (AvgIpc) is 3.13. The van der Waals surface area contributed by atoms with Crippen LogP contribution in [0.2, 0.25) is 0 Å². The Labute approximate surface area is 168 Å². The average molecular weight is 389 g/mol. The predicted molar refractivity (Wildman–Crippen MR) is 117 cm³/mol. The van der Waals surface area contributed by atoms with E-state index in [-0.39, 0.29) is 0 Å². The number of fused-ring (bicyclic) bond motifs is 3. The van der Waals surface area contributed by atoms with Crippen molar-refractivity contribution in [3.8, 4) is 5.75 Å². The molecule has 0 atom stereocenters. The molecule has 29 heavy (non-hydrogen) atoms. The van der Waals surface area contributed by atoms with Crippen LogP contribution in [0.5, 0.6) is 5.75 Å². The number of aromatic nitrogens is 4. The second kappa shape index (κ2) is 8.14. The van der Waals surface area contributed by atoms with E-state index in [1.165, 1.54) is 0 Å². The maximum atomic E-state index is 5.52. The van der Waals surface area contributed by atoms with Gasteiger partial charge in [-0.25, -0.2) is 5.43 Å². The fourth-order valence-electron chi connectivity index (χ4n) is 3.32. The molecule has 8 heteroatoms. The number of nitrogens with zero attached hydrogens (tertiary/aromatic N) is 5. The minimum atomic E-state index is 0.319. The van der Waals surface area contributed by atoms with Crippen LogP contribution in [0.15, 0.2) is 47.6 Å². The standard InChI is InChI=1S/C21H23N7O/c1-4-28(5-2)15-11-10-14(18(12-15)29-3)13-22-26-21-24-20-19(25-27-21)16-8-6-7-9-17(16)23-20/h6-13H,4-5H2,1-3H3,(H2,23,24,26,27)/b22-13+. The first kappa shape index (κ1) is 18.7. The number of aromatic amines is 1. The number of hydrogen-bond donors (Lipinski definition) is 2. The highest BCUT2D eigenvalue weighted by Gasteiger charge is 2.09. The molecule has 0 saturated heterocycles. The molecule has 0 aliphatic heterocycles. The van der Waals surface area contributed by atoms with Crippen LogP contribution in [0.4, 0.5) is 11.6 Å². The number of nitrogens with one attached hydrogen (secondary N) is 2. The molecule has 0 aliphatic carbocycles. The number of H-pyrrole nitrogens is 1. The van der Waals surface area contributed by atoms with Crippen molar-refractivity contribution >= 4 is 39.9 Å². The Balaban J connectivity index is 1.54. The van der Waals surface area contributed by atoms with Crippen LogP contribution in [0, 0.1) is 0 Å². The topological polar surface area (TPSA) is 91.3 Å². The van der Waals surface area contributed by atoms with Crippen molar-refractivity contribution in [2.75, 3.05) is 30.5 Å². The van der Waals surface area contributed by atoms with Crippen molar-refractivity contribution in [1.29, 1.82) is 0 Å². The van der Waals surface area contributed by atoms with Gasteiger partial charge in [-0.2, -0.15) is 10.1 Å². The van der Waals surface area contributed by atoms with Gasteiger partial charge < -0.3 is 14.6 Å². The molecule has 2 heterocycles. The molecule has 4 aromatic rings. The van der Waals surface area contributed by atoms with Gasteiger partial charge in [-0.05, 0) is 32.0 Å². The number of rotatable bonds is 7. The van der Waals surface area contributed by atoms with Crippen molar-refractivity contribution in [2.24, 2.45) is 5.10 Å². The Morgan fingerprint density at radius 3 is 2.76 bits per heavy atom. The first-order chi connectivity index (χ1) is 14.2. The molecule has 2 N–H and O–H groups in total. The molecule has 0 saturated carbocycles. The van der Waals surface area contributed by atoms with Gasteiger partial charge in [-0.1, -0.05) is 18.2 Å². The van der Waals surface area contributed by atoms with Crippen LogP contribution in [-0.4, -0.2) is 46.6 Å². The second-order valence-electron chi connectivity index (χ2n) is 6.47. The van der Waals surface area contributed by atoms with Crippen LogP contribution in [0.3, 0.4) is 0 Å². The van der Waals surface area contributed by atoms with Crippen LogP contribution in [0.25, 0.3) is 22.1 Å². The summed E-state index contributed by atoms with van der Waals surface area (Å²) in [6.07, 6.45) is 1.68. The van der Waals surface area contributed by atoms with Gasteiger partial charge in [0.25, 0.3) is 5.95 Å². The zero-order valence-electron chi connectivity index (χ0n) is 16.7. The van der Waals surface area contributed by atoms with E-state index >= 15 is 0 Å². The third kappa shape index (κ3) is 3.69. The predicted octanol–water partition coefficient (Wildman–Crippen LogP) is 3.81. The van der Waals surface area contributed by atoms with E-state index in [0.29, 0.717) is 11.6 Å². The van der Waals surface area contributed by atoms with Crippen LogP contribution in [0.1, 0.15) is 19.4 Å². The zero-order chi connectivity index (χ0) is 20.2. The minimum Gasteiger partial charge on any atom is -0.496 e. The Bertz CT molecular complexity index is 1160. The fourth-order valence-corrected chi connectivity index (χ4v) is 3.32. The van der Waals surface area contributed by atoms with E-state index in [9.17, 15) is 0 Å². The molecule has 8 nitrogen and oxygen atoms in total. The number of ether oxygens (including phenoxy) is 1. The van der Waals surface area contributed by atoms with Crippen molar-refractivity contribution in [2.45, 2.75) is 13.8 Å². The Morgan fingerprint density at radius 2 is 1.97 bits per heavy atom. The van der Waals surface area contributed by atoms with Crippen molar-refractivity contribution in [1.82, 2.24) is 20.2 Å². The summed E-state index contributed by atoms with van der Waals surface area (Å²) in [6, 6.07) is 14.0. The molecular formula is C21H23N7O. The Morgan fingerprint density at radius 1 is 1.14 bits per heavy atom. The van der Waals surface area contributed by atoms with Crippen molar-refractivity contribution in [3.05, 3.63) is 48.0 Å². The lowest BCUT2D eigenvalue weighted by molar-refractivity contribution is 0.414. The Hall–Kier alpha value is -3.68. The molecule has 0 fully saturated rings. The Kier molecular flexibility index (Phi) is 5.24. The molecule has 0 amide bonds. The summed E-state index contributed by atoms with van der Waals surface area (Å²) in [5.74, 6) is 1.07. The maximum absolute atomic E-state index is 5.52. The molecule has 2 aromatic heterocycles. The number of hydrazone groups is 1. The molecule has 148 valence electrons. The van der Waals surface area contributed by atoms with E-state index in [4.69, 9.17) is 4.74 Å². The molecule has 0 spiro atoms. The highest BCUT2D eigenvalue weighted by atomic mass is 16.5. The number of methoxy groups -OCH3 is 1. The summed E-state index contributed by atoms with van der Waals surface area (Å²) in [5, 5.41) is 13.6. The smallest absolute Gasteiger partial charge is 0.265 e. The normalized spacial score (nSPS) is 11.4. The van der Waals surface area contributed by atoms with E-state index in [1.54, 1.807) is 13.3 Å². The van der Waals surface area contributed by atoms with Gasteiger partial charge in [0.1, 0.15) is 11.3 Å². The lowest BCUT2D eigenvalue weighted by atomic mass is 10.2. The van der Waals surface area contributed by atoms with Crippen LogP contribution < -0.4 is 15.1 Å². The summed E-state index contributed by atoms with van der Waals surface area (Å²) >= 11 is 0. The van der Waals surface area contributed by atoms with E-state index in [1.807, 2.05) is 36.4 Å². The summed E-state index contributed by atoms with van der Waals surface area (Å²) in [4.78, 5) is 9.96. The van der Waals surface area contributed by atoms with Gasteiger partial charge >= 0.3 is 0 Å². The maximum Gasteiger partial charge on any atom is 0.265 e. The summed E-state index contributed by atoms with van der Waals surface area (Å²) < 4.78 is 5.52. The van der Waals surface area contributed by atoms with Crippen LogP contribution in [-0.2, 0) is 0 Å². The van der Waals surface area contributed by atoms with Crippen LogP contribution >= 0.6 is 0 Å². The van der Waals surface area contributed by atoms with E-state index in [2.05, 4.69) is 55.5 Å². The second-order valence-corrected chi connectivity index (χ2v) is 6.47. The summed E-state index contributed by atoms with van der Waals surface area (Å²) in [6.45, 7) is 6.14. The van der Waals surface area contributed by atoms with E-state index < -0.39 is 0 Å². The highest BCUT2D eigenvalue weighted by Crippen LogP contribution is 2.25. The highest BCUT2D eigenvalue weighted by molar-refractivity contribution is 6.03. The lowest BCUT2D eigenvalue weighted by Gasteiger charge is -2.21. The molecular weight excluding hydrogens is 366 g/mol. The van der Waals surface area contributed by atoms with Gasteiger partial charge in [0.05, 0.1) is 13.3 Å². The van der Waals surface area contributed by atoms with Crippen molar-refractivity contribution in [3.63, 3.8) is 0 Å². The molecule has 2 aromatic carbocycles.